The first-order chi connectivity index (χ1) is 9.53. The summed E-state index contributed by atoms with van der Waals surface area (Å²) in [6.07, 6.45) is 1.31. The lowest BCUT2D eigenvalue weighted by Gasteiger charge is -2.29. The van der Waals surface area contributed by atoms with Gasteiger partial charge in [0.2, 0.25) is 0 Å². The molecule has 0 N–H and O–H groups in total. The lowest BCUT2D eigenvalue weighted by atomic mass is 9.82. The molecule has 1 spiro atoms. The minimum absolute atomic E-state index is 0.0326. The number of hydrogen-bond donors (Lipinski definition) is 0. The van der Waals surface area contributed by atoms with Gasteiger partial charge in [-0.05, 0) is 36.5 Å². The predicted octanol–water partition coefficient (Wildman–Crippen LogP) is 2.78. The molecule has 3 nitrogen and oxygen atoms in total. The molecule has 1 unspecified atom stereocenters. The van der Waals surface area contributed by atoms with E-state index >= 15 is 0 Å². The van der Waals surface area contributed by atoms with E-state index in [0.29, 0.717) is 12.8 Å². The van der Waals surface area contributed by atoms with Crippen molar-refractivity contribution in [1.82, 2.24) is 0 Å². The summed E-state index contributed by atoms with van der Waals surface area (Å²) in [6.45, 7) is 3.95. The van der Waals surface area contributed by atoms with Crippen molar-refractivity contribution in [2.24, 2.45) is 0 Å². The topological polar surface area (TPSA) is 43.4 Å². The highest BCUT2D eigenvalue weighted by Gasteiger charge is 2.56. The summed E-state index contributed by atoms with van der Waals surface area (Å²) >= 11 is 1.82. The summed E-state index contributed by atoms with van der Waals surface area (Å²) < 4.78 is 5.55. The van der Waals surface area contributed by atoms with Gasteiger partial charge in [0.05, 0.1) is 0 Å². The molecule has 2 aliphatic rings. The van der Waals surface area contributed by atoms with Crippen molar-refractivity contribution in [2.75, 3.05) is 11.5 Å². The highest BCUT2D eigenvalue weighted by molar-refractivity contribution is 7.99. The van der Waals surface area contributed by atoms with Crippen LogP contribution in [0, 0.1) is 13.8 Å². The van der Waals surface area contributed by atoms with Crippen LogP contribution < -0.4 is 0 Å². The Kier molecular flexibility index (Phi) is 3.36. The number of esters is 1. The summed E-state index contributed by atoms with van der Waals surface area (Å²) in [5.74, 6) is 0.652. The molecular formula is C16H18O3S. The SMILES string of the molecule is Cc1ccc(C2C(=O)OC3(CCSCC3)C2=O)c(C)c1. The Labute approximate surface area is 123 Å². The Morgan fingerprint density at radius 2 is 1.90 bits per heavy atom. The van der Waals surface area contributed by atoms with E-state index in [9.17, 15) is 9.59 Å². The van der Waals surface area contributed by atoms with Crippen molar-refractivity contribution in [1.29, 1.82) is 0 Å². The molecule has 0 radical (unpaired) electrons. The van der Waals surface area contributed by atoms with E-state index in [2.05, 4.69) is 0 Å². The molecule has 0 aliphatic carbocycles. The Bertz CT molecular complexity index is 573. The molecule has 1 atom stereocenters. The fraction of sp³-hybridized carbons (Fsp3) is 0.500. The van der Waals surface area contributed by atoms with Gasteiger partial charge in [-0.1, -0.05) is 23.8 Å². The average Bonchev–Trinajstić information content (AvgIpc) is 2.63. The van der Waals surface area contributed by atoms with Gasteiger partial charge < -0.3 is 4.74 Å². The Morgan fingerprint density at radius 3 is 2.55 bits per heavy atom. The Hall–Kier alpha value is -1.29. The van der Waals surface area contributed by atoms with Crippen LogP contribution in [-0.2, 0) is 14.3 Å². The molecule has 2 saturated heterocycles. The number of carbonyl (C=O) groups is 2. The number of Topliss-reactive ketones (excluding diaryl/α,β-unsaturated/α-hetero) is 1. The van der Waals surface area contributed by atoms with E-state index in [-0.39, 0.29) is 11.8 Å². The molecule has 0 amide bonds. The van der Waals surface area contributed by atoms with Crippen LogP contribution in [0.5, 0.6) is 0 Å². The lowest BCUT2D eigenvalue weighted by molar-refractivity contribution is -0.152. The number of carbonyl (C=O) groups excluding carboxylic acids is 2. The van der Waals surface area contributed by atoms with E-state index in [1.807, 2.05) is 43.8 Å². The van der Waals surface area contributed by atoms with Gasteiger partial charge >= 0.3 is 5.97 Å². The van der Waals surface area contributed by atoms with Gasteiger partial charge in [-0.15, -0.1) is 0 Å². The molecule has 1 aromatic carbocycles. The summed E-state index contributed by atoms with van der Waals surface area (Å²) in [7, 11) is 0. The van der Waals surface area contributed by atoms with Gasteiger partial charge in [0, 0.05) is 12.8 Å². The van der Waals surface area contributed by atoms with Crippen LogP contribution in [0.3, 0.4) is 0 Å². The number of thioether (sulfide) groups is 1. The van der Waals surface area contributed by atoms with Crippen LogP contribution in [0.15, 0.2) is 18.2 Å². The largest absolute Gasteiger partial charge is 0.450 e. The van der Waals surface area contributed by atoms with Gasteiger partial charge in [-0.25, -0.2) is 0 Å². The van der Waals surface area contributed by atoms with Crippen molar-refractivity contribution in [3.8, 4) is 0 Å². The van der Waals surface area contributed by atoms with Gasteiger partial charge in [-0.3, -0.25) is 9.59 Å². The molecule has 0 bridgehead atoms. The zero-order valence-electron chi connectivity index (χ0n) is 11.8. The summed E-state index contributed by atoms with van der Waals surface area (Å²) in [4.78, 5) is 25.0. The third kappa shape index (κ3) is 2.06. The van der Waals surface area contributed by atoms with Crippen LogP contribution in [0.2, 0.25) is 0 Å². The number of ether oxygens (including phenoxy) is 1. The molecule has 2 heterocycles. The third-order valence-electron chi connectivity index (χ3n) is 4.28. The van der Waals surface area contributed by atoms with Crippen molar-refractivity contribution >= 4 is 23.5 Å². The third-order valence-corrected chi connectivity index (χ3v) is 5.27. The van der Waals surface area contributed by atoms with E-state index in [0.717, 1.165) is 28.2 Å². The molecule has 2 aliphatic heterocycles. The van der Waals surface area contributed by atoms with Crippen LogP contribution >= 0.6 is 11.8 Å². The highest BCUT2D eigenvalue weighted by atomic mass is 32.2. The standard InChI is InChI=1S/C16H18O3S/c1-10-3-4-12(11(2)9-10)13-14(17)16(19-15(13)18)5-7-20-8-6-16/h3-4,9,13H,5-8H2,1-2H3. The zero-order valence-corrected chi connectivity index (χ0v) is 12.6. The highest BCUT2D eigenvalue weighted by Crippen LogP contribution is 2.43. The number of benzene rings is 1. The maximum atomic E-state index is 12.8. The second kappa shape index (κ2) is 4.92. The molecule has 3 rings (SSSR count). The number of ketones is 1. The fourth-order valence-corrected chi connectivity index (χ4v) is 4.29. The van der Waals surface area contributed by atoms with Gasteiger partial charge in [0.15, 0.2) is 11.4 Å². The minimum Gasteiger partial charge on any atom is -0.450 e. The van der Waals surface area contributed by atoms with E-state index < -0.39 is 11.5 Å². The van der Waals surface area contributed by atoms with E-state index in [4.69, 9.17) is 4.74 Å². The quantitative estimate of drug-likeness (QED) is 0.589. The Morgan fingerprint density at radius 1 is 1.20 bits per heavy atom. The molecule has 20 heavy (non-hydrogen) atoms. The number of aryl methyl sites for hydroxylation is 2. The average molecular weight is 290 g/mol. The first-order valence-electron chi connectivity index (χ1n) is 6.96. The minimum atomic E-state index is -0.843. The molecule has 2 fully saturated rings. The van der Waals surface area contributed by atoms with Crippen molar-refractivity contribution in [2.45, 2.75) is 38.2 Å². The molecule has 0 aromatic heterocycles. The summed E-state index contributed by atoms with van der Waals surface area (Å²) in [5, 5.41) is 0. The molecule has 0 saturated carbocycles. The maximum absolute atomic E-state index is 12.8. The van der Waals surface area contributed by atoms with Crippen LogP contribution in [-0.4, -0.2) is 28.9 Å². The Balaban J connectivity index is 1.98. The molecule has 4 heteroatoms. The van der Waals surface area contributed by atoms with Crippen molar-refractivity contribution < 1.29 is 14.3 Å². The van der Waals surface area contributed by atoms with Crippen LogP contribution in [0.4, 0.5) is 0 Å². The summed E-state index contributed by atoms with van der Waals surface area (Å²) in [5.41, 5.74) is 2.08. The first kappa shape index (κ1) is 13.7. The molecular weight excluding hydrogens is 272 g/mol. The van der Waals surface area contributed by atoms with Gasteiger partial charge in [0.25, 0.3) is 0 Å². The van der Waals surface area contributed by atoms with E-state index in [1.54, 1.807) is 0 Å². The lowest BCUT2D eigenvalue weighted by Crippen LogP contribution is -2.40. The zero-order chi connectivity index (χ0) is 14.3. The van der Waals surface area contributed by atoms with Crippen molar-refractivity contribution in [3.05, 3.63) is 34.9 Å². The second-order valence-electron chi connectivity index (χ2n) is 5.69. The van der Waals surface area contributed by atoms with Crippen LogP contribution in [0.25, 0.3) is 0 Å². The molecule has 106 valence electrons. The normalized spacial score (nSPS) is 25.0. The fourth-order valence-electron chi connectivity index (χ4n) is 3.14. The smallest absolute Gasteiger partial charge is 0.322 e. The second-order valence-corrected chi connectivity index (χ2v) is 6.91. The number of hydrogen-bond acceptors (Lipinski definition) is 4. The van der Waals surface area contributed by atoms with E-state index in [1.165, 1.54) is 0 Å². The van der Waals surface area contributed by atoms with Gasteiger partial charge in [0.1, 0.15) is 5.92 Å². The monoisotopic (exact) mass is 290 g/mol. The summed E-state index contributed by atoms with van der Waals surface area (Å²) in [6, 6.07) is 5.85. The van der Waals surface area contributed by atoms with Crippen LogP contribution in [0.1, 0.15) is 35.4 Å². The van der Waals surface area contributed by atoms with Crippen molar-refractivity contribution in [3.63, 3.8) is 0 Å². The van der Waals surface area contributed by atoms with Gasteiger partial charge in [-0.2, -0.15) is 11.8 Å². The molecule has 1 aromatic rings. The predicted molar refractivity (Wildman–Crippen MR) is 79.0 cm³/mol. The maximum Gasteiger partial charge on any atom is 0.322 e. The number of rotatable bonds is 1. The first-order valence-corrected chi connectivity index (χ1v) is 8.11.